The Morgan fingerprint density at radius 1 is 0.969 bits per heavy atom. The number of carbonyl (C=O) groups excluding carboxylic acids is 2. The molecule has 9 nitrogen and oxygen atoms in total. The van der Waals surface area contributed by atoms with E-state index in [1.165, 1.54) is 25.4 Å². The van der Waals surface area contributed by atoms with E-state index in [9.17, 15) is 9.59 Å². The lowest BCUT2D eigenvalue weighted by Gasteiger charge is -2.41. The Hall–Kier alpha value is -4.14. The van der Waals surface area contributed by atoms with E-state index in [4.69, 9.17) is 11.5 Å². The second kappa shape index (κ2) is 8.54. The van der Waals surface area contributed by atoms with E-state index in [0.717, 1.165) is 36.0 Å². The standard InChI is InChI=1S/C23H22N6O3/c1-32-20(31)18-8-5-15(11-26-18)19(30)29-21(24)23(9-2-10-23)17-6-3-14(4-7-17)16-12-27-22(25)28-13-16/h3-8,11-13H,2,9-10H2,1H3,(H2,24,29,30)(H2,25,27,28). The number of aliphatic imine (C=N–C) groups is 1. The summed E-state index contributed by atoms with van der Waals surface area (Å²) in [6.07, 6.45) is 7.24. The third kappa shape index (κ3) is 3.92. The van der Waals surface area contributed by atoms with Crippen molar-refractivity contribution in [2.75, 3.05) is 12.8 Å². The molecule has 1 saturated carbocycles. The van der Waals surface area contributed by atoms with Gasteiger partial charge in [-0.2, -0.15) is 4.99 Å². The first kappa shape index (κ1) is 21.1. The van der Waals surface area contributed by atoms with Crippen molar-refractivity contribution >= 4 is 23.7 Å². The van der Waals surface area contributed by atoms with Crippen LogP contribution in [0.3, 0.4) is 0 Å². The predicted octanol–water partition coefficient (Wildman–Crippen LogP) is 2.53. The zero-order chi connectivity index (χ0) is 22.7. The van der Waals surface area contributed by atoms with Crippen molar-refractivity contribution in [3.8, 4) is 11.1 Å². The Bertz CT molecular complexity index is 1170. The summed E-state index contributed by atoms with van der Waals surface area (Å²) in [7, 11) is 1.27. The molecule has 9 heteroatoms. The number of benzene rings is 1. The molecule has 1 fully saturated rings. The summed E-state index contributed by atoms with van der Waals surface area (Å²) in [5, 5.41) is 0. The van der Waals surface area contributed by atoms with Crippen molar-refractivity contribution in [2.45, 2.75) is 24.7 Å². The van der Waals surface area contributed by atoms with Gasteiger partial charge in [0.2, 0.25) is 5.95 Å². The fourth-order valence-corrected chi connectivity index (χ4v) is 3.72. The van der Waals surface area contributed by atoms with E-state index in [1.54, 1.807) is 12.4 Å². The SMILES string of the molecule is COC(=O)c1ccc(C(=O)N=C(N)C2(c3ccc(-c4cnc(N)nc4)cc3)CCC2)cn1. The summed E-state index contributed by atoms with van der Waals surface area (Å²) in [5.74, 6) is -0.584. The maximum absolute atomic E-state index is 12.6. The zero-order valence-electron chi connectivity index (χ0n) is 17.5. The molecule has 0 saturated heterocycles. The Morgan fingerprint density at radius 3 is 2.19 bits per heavy atom. The van der Waals surface area contributed by atoms with Crippen molar-refractivity contribution in [3.05, 3.63) is 71.8 Å². The smallest absolute Gasteiger partial charge is 0.356 e. The summed E-state index contributed by atoms with van der Waals surface area (Å²) in [5.41, 5.74) is 14.6. The van der Waals surface area contributed by atoms with Gasteiger partial charge in [-0.3, -0.25) is 4.79 Å². The topological polar surface area (TPSA) is 146 Å². The van der Waals surface area contributed by atoms with E-state index >= 15 is 0 Å². The lowest BCUT2D eigenvalue weighted by atomic mass is 9.63. The molecular formula is C23H22N6O3. The van der Waals surface area contributed by atoms with Crippen molar-refractivity contribution in [1.82, 2.24) is 15.0 Å². The number of pyridine rings is 1. The third-order valence-corrected chi connectivity index (χ3v) is 5.77. The van der Waals surface area contributed by atoms with Gasteiger partial charge in [-0.05, 0) is 36.1 Å². The molecule has 0 spiro atoms. The number of ether oxygens (including phenoxy) is 1. The van der Waals surface area contributed by atoms with Crippen LogP contribution in [0, 0.1) is 0 Å². The number of esters is 1. The molecule has 0 radical (unpaired) electrons. The second-order valence-electron chi connectivity index (χ2n) is 7.57. The molecule has 2 heterocycles. The van der Waals surface area contributed by atoms with Gasteiger partial charge in [0, 0.05) is 24.2 Å². The van der Waals surface area contributed by atoms with Crippen LogP contribution in [-0.4, -0.2) is 39.8 Å². The number of hydrogen-bond acceptors (Lipinski definition) is 7. The first-order chi connectivity index (χ1) is 15.4. The number of nitrogen functional groups attached to an aromatic ring is 1. The molecule has 1 amide bonds. The van der Waals surface area contributed by atoms with Gasteiger partial charge in [0.1, 0.15) is 11.5 Å². The number of nitrogens with zero attached hydrogens (tertiary/aromatic N) is 4. The number of aromatic nitrogens is 3. The molecule has 1 aliphatic rings. The monoisotopic (exact) mass is 430 g/mol. The van der Waals surface area contributed by atoms with Gasteiger partial charge in [-0.25, -0.2) is 19.7 Å². The van der Waals surface area contributed by atoms with E-state index in [-0.39, 0.29) is 23.0 Å². The van der Waals surface area contributed by atoms with Crippen molar-refractivity contribution in [1.29, 1.82) is 0 Å². The maximum atomic E-state index is 12.6. The molecule has 32 heavy (non-hydrogen) atoms. The van der Waals surface area contributed by atoms with Crippen LogP contribution >= 0.6 is 0 Å². The van der Waals surface area contributed by atoms with Crippen LogP contribution in [0.25, 0.3) is 11.1 Å². The zero-order valence-corrected chi connectivity index (χ0v) is 17.5. The van der Waals surface area contributed by atoms with E-state index in [0.29, 0.717) is 0 Å². The molecule has 2 aromatic heterocycles. The van der Waals surface area contributed by atoms with Crippen LogP contribution in [-0.2, 0) is 10.2 Å². The van der Waals surface area contributed by atoms with Gasteiger partial charge in [0.15, 0.2) is 0 Å². The van der Waals surface area contributed by atoms with Crippen LogP contribution in [0.15, 0.2) is 60.0 Å². The minimum absolute atomic E-state index is 0.114. The lowest BCUT2D eigenvalue weighted by molar-refractivity contribution is 0.0593. The van der Waals surface area contributed by atoms with Gasteiger partial charge in [0.05, 0.1) is 18.1 Å². The molecule has 3 aromatic rings. The molecule has 0 aliphatic heterocycles. The molecule has 0 bridgehead atoms. The average Bonchev–Trinajstić information content (AvgIpc) is 2.79. The van der Waals surface area contributed by atoms with Crippen molar-refractivity contribution < 1.29 is 14.3 Å². The molecule has 0 unspecified atom stereocenters. The number of hydrogen-bond donors (Lipinski definition) is 2. The maximum Gasteiger partial charge on any atom is 0.356 e. The van der Waals surface area contributed by atoms with Gasteiger partial charge >= 0.3 is 5.97 Å². The summed E-state index contributed by atoms with van der Waals surface area (Å²) in [4.78, 5) is 40.3. The fraction of sp³-hybridized carbons (Fsp3) is 0.217. The highest BCUT2D eigenvalue weighted by molar-refractivity contribution is 6.06. The molecule has 1 aliphatic carbocycles. The first-order valence-corrected chi connectivity index (χ1v) is 10.0. The molecule has 162 valence electrons. The predicted molar refractivity (Wildman–Crippen MR) is 119 cm³/mol. The molecule has 4 rings (SSSR count). The van der Waals surface area contributed by atoms with Crippen LogP contribution in [0.2, 0.25) is 0 Å². The van der Waals surface area contributed by atoms with Crippen LogP contribution in [0.4, 0.5) is 5.95 Å². The number of amides is 1. The summed E-state index contributed by atoms with van der Waals surface area (Å²) in [6.45, 7) is 0. The molecular weight excluding hydrogens is 408 g/mol. The number of carbonyl (C=O) groups is 2. The third-order valence-electron chi connectivity index (χ3n) is 5.77. The number of anilines is 1. The average molecular weight is 430 g/mol. The molecule has 1 aromatic carbocycles. The van der Waals surface area contributed by atoms with Crippen molar-refractivity contribution in [2.24, 2.45) is 10.7 Å². The van der Waals surface area contributed by atoms with Gasteiger partial charge in [-0.15, -0.1) is 0 Å². The number of methoxy groups -OCH3 is 1. The lowest BCUT2D eigenvalue weighted by Crippen LogP contribution is -2.47. The summed E-state index contributed by atoms with van der Waals surface area (Å²) in [6, 6.07) is 10.8. The minimum atomic E-state index is -0.575. The summed E-state index contributed by atoms with van der Waals surface area (Å²) < 4.78 is 4.61. The quantitative estimate of drug-likeness (QED) is 0.357. The Labute approximate surface area is 184 Å². The minimum Gasteiger partial charge on any atom is -0.464 e. The summed E-state index contributed by atoms with van der Waals surface area (Å²) >= 11 is 0. The normalized spacial score (nSPS) is 15.0. The van der Waals surface area contributed by atoms with Crippen molar-refractivity contribution in [3.63, 3.8) is 0 Å². The van der Waals surface area contributed by atoms with E-state index in [2.05, 4.69) is 24.7 Å². The van der Waals surface area contributed by atoms with Gasteiger partial charge < -0.3 is 16.2 Å². The number of amidine groups is 1. The second-order valence-corrected chi connectivity index (χ2v) is 7.57. The Kier molecular flexibility index (Phi) is 5.63. The highest BCUT2D eigenvalue weighted by atomic mass is 16.5. The van der Waals surface area contributed by atoms with Crippen LogP contribution < -0.4 is 11.5 Å². The van der Waals surface area contributed by atoms with E-state index < -0.39 is 17.3 Å². The Balaban J connectivity index is 1.56. The highest BCUT2D eigenvalue weighted by Gasteiger charge is 2.42. The number of rotatable bonds is 5. The van der Waals surface area contributed by atoms with Crippen LogP contribution in [0.5, 0.6) is 0 Å². The van der Waals surface area contributed by atoms with Crippen LogP contribution in [0.1, 0.15) is 45.7 Å². The van der Waals surface area contributed by atoms with Gasteiger partial charge in [0.25, 0.3) is 5.91 Å². The van der Waals surface area contributed by atoms with E-state index in [1.807, 2.05) is 24.3 Å². The first-order valence-electron chi connectivity index (χ1n) is 10.0. The van der Waals surface area contributed by atoms with Gasteiger partial charge in [-0.1, -0.05) is 30.7 Å². The molecule has 0 atom stereocenters. The Morgan fingerprint density at radius 2 is 1.66 bits per heavy atom. The highest BCUT2D eigenvalue weighted by Crippen LogP contribution is 2.44. The number of nitrogens with two attached hydrogens (primary N) is 2. The fourth-order valence-electron chi connectivity index (χ4n) is 3.72. The largest absolute Gasteiger partial charge is 0.464 e. The molecule has 4 N–H and O–H groups in total.